The summed E-state index contributed by atoms with van der Waals surface area (Å²) in [4.78, 5) is 39.1. The van der Waals surface area contributed by atoms with E-state index in [4.69, 9.17) is 0 Å². The third kappa shape index (κ3) is 5.19. The van der Waals surface area contributed by atoms with E-state index in [1.165, 1.54) is 0 Å². The Morgan fingerprint density at radius 3 is 2.24 bits per heavy atom. The molecule has 1 atom stereocenters. The SMILES string of the molecule is O=C(CP)c1ccc(C(=O)NCCC(=O)N2Cc3ccccc3C#Cc3ccccc32)cc1. The maximum absolute atomic E-state index is 13.2. The van der Waals surface area contributed by atoms with Crippen molar-refractivity contribution in [3.63, 3.8) is 0 Å². The molecule has 164 valence electrons. The lowest BCUT2D eigenvalue weighted by Crippen LogP contribution is -2.35. The van der Waals surface area contributed by atoms with E-state index in [9.17, 15) is 14.4 Å². The highest BCUT2D eigenvalue weighted by Crippen LogP contribution is 2.25. The summed E-state index contributed by atoms with van der Waals surface area (Å²) in [5, 5.41) is 2.80. The van der Waals surface area contributed by atoms with Crippen molar-refractivity contribution in [2.24, 2.45) is 0 Å². The maximum atomic E-state index is 13.2. The highest BCUT2D eigenvalue weighted by atomic mass is 31.0. The van der Waals surface area contributed by atoms with Crippen molar-refractivity contribution in [1.82, 2.24) is 5.32 Å². The van der Waals surface area contributed by atoms with Crippen LogP contribution in [0.2, 0.25) is 0 Å². The Hall–Kier alpha value is -3.74. The van der Waals surface area contributed by atoms with Gasteiger partial charge in [-0.3, -0.25) is 14.4 Å². The van der Waals surface area contributed by atoms with Crippen LogP contribution in [0.3, 0.4) is 0 Å². The van der Waals surface area contributed by atoms with Crippen LogP contribution in [0.25, 0.3) is 0 Å². The fourth-order valence-corrected chi connectivity index (χ4v) is 3.89. The van der Waals surface area contributed by atoms with E-state index in [-0.39, 0.29) is 30.6 Å². The number of anilines is 1. The summed E-state index contributed by atoms with van der Waals surface area (Å²) < 4.78 is 0. The van der Waals surface area contributed by atoms with E-state index in [0.717, 1.165) is 22.4 Å². The molecule has 0 spiro atoms. The lowest BCUT2D eigenvalue weighted by Gasteiger charge is -2.26. The second-order valence-electron chi connectivity index (χ2n) is 7.61. The van der Waals surface area contributed by atoms with Crippen LogP contribution in [-0.4, -0.2) is 30.3 Å². The molecular formula is C27H23N2O3P. The predicted molar refractivity (Wildman–Crippen MR) is 132 cm³/mol. The fraction of sp³-hybridized carbons (Fsp3) is 0.148. The first-order valence-electron chi connectivity index (χ1n) is 10.7. The molecule has 1 unspecified atom stereocenters. The fourth-order valence-electron chi connectivity index (χ4n) is 3.65. The number of Topliss-reactive ketones (excluding diaryl/α,β-unsaturated/α-hetero) is 1. The van der Waals surface area contributed by atoms with Gasteiger partial charge in [0.15, 0.2) is 5.78 Å². The minimum atomic E-state index is -0.281. The van der Waals surface area contributed by atoms with Crippen LogP contribution in [0.1, 0.15) is 43.8 Å². The third-order valence-electron chi connectivity index (χ3n) is 5.45. The van der Waals surface area contributed by atoms with Crippen LogP contribution in [0.4, 0.5) is 5.69 Å². The zero-order valence-electron chi connectivity index (χ0n) is 18.0. The molecular weight excluding hydrogens is 431 g/mol. The van der Waals surface area contributed by atoms with Gasteiger partial charge in [0.1, 0.15) is 0 Å². The first-order valence-corrected chi connectivity index (χ1v) is 11.5. The first kappa shape index (κ1) is 22.5. The van der Waals surface area contributed by atoms with E-state index in [1.807, 2.05) is 48.5 Å². The Kier molecular flexibility index (Phi) is 6.98. The van der Waals surface area contributed by atoms with Crippen molar-refractivity contribution in [2.45, 2.75) is 13.0 Å². The van der Waals surface area contributed by atoms with Crippen LogP contribution in [0.5, 0.6) is 0 Å². The molecule has 0 radical (unpaired) electrons. The van der Waals surface area contributed by atoms with Crippen LogP contribution >= 0.6 is 9.24 Å². The van der Waals surface area contributed by atoms with Gasteiger partial charge in [0.2, 0.25) is 5.91 Å². The summed E-state index contributed by atoms with van der Waals surface area (Å²) in [5.74, 6) is 6.01. The first-order chi connectivity index (χ1) is 16.1. The summed E-state index contributed by atoms with van der Waals surface area (Å²) in [7, 11) is 2.39. The zero-order valence-corrected chi connectivity index (χ0v) is 19.2. The van der Waals surface area contributed by atoms with Crippen molar-refractivity contribution in [3.8, 4) is 11.8 Å². The van der Waals surface area contributed by atoms with E-state index < -0.39 is 0 Å². The van der Waals surface area contributed by atoms with Crippen LogP contribution in [0.15, 0.2) is 72.8 Å². The number of carbonyl (C=O) groups is 3. The maximum Gasteiger partial charge on any atom is 0.251 e. The second-order valence-corrected chi connectivity index (χ2v) is 8.02. The Morgan fingerprint density at radius 1 is 0.848 bits per heavy atom. The molecule has 1 aliphatic rings. The number of nitrogens with zero attached hydrogens (tertiary/aromatic N) is 1. The number of fused-ring (bicyclic) bond motifs is 2. The van der Waals surface area contributed by atoms with Crippen molar-refractivity contribution < 1.29 is 14.4 Å². The van der Waals surface area contributed by atoms with E-state index in [1.54, 1.807) is 29.2 Å². The highest BCUT2D eigenvalue weighted by Gasteiger charge is 2.21. The minimum absolute atomic E-state index is 0.00245. The van der Waals surface area contributed by atoms with E-state index >= 15 is 0 Å². The average Bonchev–Trinajstić information content (AvgIpc) is 2.85. The number of ketones is 1. The van der Waals surface area contributed by atoms with E-state index in [0.29, 0.717) is 23.8 Å². The Bertz CT molecular complexity index is 1270. The molecule has 1 aliphatic heterocycles. The van der Waals surface area contributed by atoms with Gasteiger partial charge in [-0.1, -0.05) is 54.3 Å². The smallest absolute Gasteiger partial charge is 0.251 e. The molecule has 3 aromatic rings. The zero-order chi connectivity index (χ0) is 23.2. The van der Waals surface area contributed by atoms with Crippen molar-refractivity contribution in [2.75, 3.05) is 17.6 Å². The number of nitrogens with one attached hydrogen (secondary N) is 1. The second kappa shape index (κ2) is 10.3. The van der Waals surface area contributed by atoms with Crippen LogP contribution < -0.4 is 10.2 Å². The monoisotopic (exact) mass is 454 g/mol. The lowest BCUT2D eigenvalue weighted by atomic mass is 10.0. The van der Waals surface area contributed by atoms with Gasteiger partial charge in [0.05, 0.1) is 12.2 Å². The molecule has 0 fully saturated rings. The molecule has 0 saturated heterocycles. The Morgan fingerprint density at radius 2 is 1.48 bits per heavy atom. The van der Waals surface area contributed by atoms with Gasteiger partial charge in [0, 0.05) is 41.4 Å². The minimum Gasteiger partial charge on any atom is -0.352 e. The molecule has 0 aromatic heterocycles. The van der Waals surface area contributed by atoms with E-state index in [2.05, 4.69) is 26.4 Å². The number of amides is 2. The molecule has 4 rings (SSSR count). The molecule has 33 heavy (non-hydrogen) atoms. The number of hydrogen-bond acceptors (Lipinski definition) is 3. The van der Waals surface area contributed by atoms with Crippen LogP contribution in [-0.2, 0) is 11.3 Å². The normalized spacial score (nSPS) is 11.7. The number of para-hydroxylation sites is 1. The molecule has 0 aliphatic carbocycles. The van der Waals surface area contributed by atoms with Gasteiger partial charge >= 0.3 is 0 Å². The largest absolute Gasteiger partial charge is 0.352 e. The van der Waals surface area contributed by atoms with Crippen molar-refractivity contribution in [1.29, 1.82) is 0 Å². The summed E-state index contributed by atoms with van der Waals surface area (Å²) in [6.45, 7) is 0.621. The molecule has 3 aromatic carbocycles. The number of benzene rings is 3. The van der Waals surface area contributed by atoms with Crippen LogP contribution in [0, 0.1) is 11.8 Å². The van der Waals surface area contributed by atoms with Gasteiger partial charge in [-0.15, -0.1) is 9.24 Å². The Labute approximate surface area is 195 Å². The van der Waals surface area contributed by atoms with Gasteiger partial charge < -0.3 is 10.2 Å². The third-order valence-corrected chi connectivity index (χ3v) is 5.82. The van der Waals surface area contributed by atoms with Crippen molar-refractivity contribution in [3.05, 3.63) is 101 Å². The summed E-state index contributed by atoms with van der Waals surface area (Å²) in [5.41, 5.74) is 4.47. The molecule has 6 heteroatoms. The molecule has 0 saturated carbocycles. The number of carbonyl (C=O) groups excluding carboxylic acids is 3. The molecule has 1 heterocycles. The topological polar surface area (TPSA) is 66.5 Å². The molecule has 2 amide bonds. The number of rotatable bonds is 6. The highest BCUT2D eigenvalue weighted by molar-refractivity contribution is 7.18. The van der Waals surface area contributed by atoms with Gasteiger partial charge in [-0.25, -0.2) is 0 Å². The Balaban J connectivity index is 1.45. The molecule has 0 bridgehead atoms. The molecule has 5 nitrogen and oxygen atoms in total. The summed E-state index contributed by atoms with van der Waals surface area (Å²) in [6.07, 6.45) is 0.489. The number of hydrogen-bond donors (Lipinski definition) is 1. The predicted octanol–water partition coefficient (Wildman–Crippen LogP) is 3.81. The van der Waals surface area contributed by atoms with Gasteiger partial charge in [-0.2, -0.15) is 0 Å². The summed E-state index contributed by atoms with van der Waals surface area (Å²) in [6, 6.07) is 21.9. The van der Waals surface area contributed by atoms with Gasteiger partial charge in [0.25, 0.3) is 5.91 Å². The molecule has 1 N–H and O–H groups in total. The quantitative estimate of drug-likeness (QED) is 0.350. The standard InChI is InChI=1S/C27H23N2O3P/c30-25(18-33)21-11-13-22(14-12-21)27(32)28-16-15-26(31)29-17-23-7-2-1-5-19(23)9-10-20-6-3-4-8-24(20)29/h1-8,11-14H,15-18,33H2,(H,28,32). The van der Waals surface area contributed by atoms with Crippen molar-refractivity contribution >= 4 is 32.5 Å². The van der Waals surface area contributed by atoms with Gasteiger partial charge in [-0.05, 0) is 35.9 Å². The lowest BCUT2D eigenvalue weighted by molar-refractivity contribution is -0.118. The average molecular weight is 454 g/mol. The summed E-state index contributed by atoms with van der Waals surface area (Å²) >= 11 is 0.